The minimum absolute atomic E-state index is 0.180. The average molecular weight is 463 g/mol. The Labute approximate surface area is 155 Å². The van der Waals surface area contributed by atoms with E-state index in [1.54, 1.807) is 0 Å². The largest absolute Gasteiger partial charge is 0.448 e. The van der Waals surface area contributed by atoms with Crippen molar-refractivity contribution in [3.8, 4) is 0 Å². The first-order valence-electron chi connectivity index (χ1n) is 7.76. The molecule has 2 aromatic heterocycles. The molecule has 1 atom stereocenters. The zero-order valence-corrected chi connectivity index (χ0v) is 16.9. The van der Waals surface area contributed by atoms with Gasteiger partial charge < -0.3 is 4.42 Å². The van der Waals surface area contributed by atoms with Crippen LogP contribution in [0.1, 0.15) is 60.4 Å². The maximum Gasteiger partial charge on any atom is 0.297 e. The molecule has 0 radical (unpaired) electrons. The summed E-state index contributed by atoms with van der Waals surface area (Å²) in [7, 11) is 0. The van der Waals surface area contributed by atoms with Crippen molar-refractivity contribution in [1.29, 1.82) is 0 Å². The van der Waals surface area contributed by atoms with Gasteiger partial charge in [0, 0.05) is 6.54 Å². The molecule has 1 unspecified atom stereocenters. The Bertz CT molecular complexity index is 780. The van der Waals surface area contributed by atoms with Crippen molar-refractivity contribution in [2.45, 2.75) is 39.5 Å². The van der Waals surface area contributed by atoms with Crippen molar-refractivity contribution in [3.05, 3.63) is 18.9 Å². The number of rotatable bonds is 6. The van der Waals surface area contributed by atoms with E-state index in [2.05, 4.69) is 45.7 Å². The van der Waals surface area contributed by atoms with Gasteiger partial charge in [0.2, 0.25) is 5.76 Å². The number of halogens is 2. The zero-order valence-electron chi connectivity index (χ0n) is 12.9. The topological polar surface area (TPSA) is 50.5 Å². The molecule has 0 aromatic carbocycles. The second-order valence-corrected chi connectivity index (χ2v) is 9.45. The van der Waals surface area contributed by atoms with Crippen LogP contribution in [0.4, 0.5) is 0 Å². The van der Waals surface area contributed by atoms with Gasteiger partial charge in [-0.2, -0.15) is 0 Å². The molecule has 4 nitrogen and oxygen atoms in total. The molecule has 0 saturated heterocycles. The van der Waals surface area contributed by atoms with Gasteiger partial charge in [0.15, 0.2) is 5.58 Å². The molecular weight excluding hydrogens is 446 g/mol. The Morgan fingerprint density at radius 2 is 1.91 bits per heavy atom. The smallest absolute Gasteiger partial charge is 0.297 e. The summed E-state index contributed by atoms with van der Waals surface area (Å²) in [6, 6.07) is 0. The van der Waals surface area contributed by atoms with Gasteiger partial charge in [0.25, 0.3) is 11.8 Å². The molecular formula is C16H17Br2NO3S. The zero-order chi connectivity index (χ0) is 16.7. The van der Waals surface area contributed by atoms with Gasteiger partial charge in [-0.25, -0.2) is 0 Å². The van der Waals surface area contributed by atoms with Gasteiger partial charge in [-0.3, -0.25) is 14.5 Å². The minimum Gasteiger partial charge on any atom is -0.448 e. The van der Waals surface area contributed by atoms with E-state index in [4.69, 9.17) is 4.42 Å². The lowest BCUT2D eigenvalue weighted by Crippen LogP contribution is -2.34. The van der Waals surface area contributed by atoms with Crippen molar-refractivity contribution < 1.29 is 14.0 Å². The van der Waals surface area contributed by atoms with Crippen molar-refractivity contribution in [1.82, 2.24) is 4.90 Å². The standard InChI is InChI=1S/C16H17Br2NO3S/c1-3-5-6-8(4-2)7-19-15(20)10-9-11(14(18)23-13(9)17)22-12(10)16(19)21/h8H,3-7H2,1-2H3. The molecule has 3 heterocycles. The van der Waals surface area contributed by atoms with Crippen LogP contribution in [0.25, 0.3) is 11.0 Å². The lowest BCUT2D eigenvalue weighted by molar-refractivity contribution is 0.0613. The van der Waals surface area contributed by atoms with Crippen molar-refractivity contribution in [2.24, 2.45) is 5.92 Å². The number of furan rings is 1. The highest BCUT2D eigenvalue weighted by atomic mass is 79.9. The summed E-state index contributed by atoms with van der Waals surface area (Å²) in [6.07, 6.45) is 4.23. The molecule has 1 aliphatic heterocycles. The minimum atomic E-state index is -0.306. The maximum atomic E-state index is 12.8. The second kappa shape index (κ2) is 6.69. The summed E-state index contributed by atoms with van der Waals surface area (Å²) < 4.78 is 7.29. The van der Waals surface area contributed by atoms with Crippen molar-refractivity contribution in [3.63, 3.8) is 0 Å². The monoisotopic (exact) mass is 461 g/mol. The van der Waals surface area contributed by atoms with Gasteiger partial charge in [-0.15, -0.1) is 11.3 Å². The van der Waals surface area contributed by atoms with Crippen LogP contribution in [0.3, 0.4) is 0 Å². The number of unbranched alkanes of at least 4 members (excludes halogenated alkanes) is 1. The molecule has 23 heavy (non-hydrogen) atoms. The van der Waals surface area contributed by atoms with Gasteiger partial charge in [0.05, 0.1) is 9.17 Å². The Kier molecular flexibility index (Phi) is 4.99. The van der Waals surface area contributed by atoms with Crippen LogP contribution in [0.5, 0.6) is 0 Å². The molecule has 0 fully saturated rings. The molecule has 1 aliphatic rings. The second-order valence-electron chi connectivity index (χ2n) is 5.80. The molecule has 0 saturated carbocycles. The molecule has 2 aromatic rings. The molecule has 0 spiro atoms. The fourth-order valence-corrected chi connectivity index (χ4v) is 5.95. The van der Waals surface area contributed by atoms with E-state index in [0.717, 1.165) is 33.3 Å². The summed E-state index contributed by atoms with van der Waals surface area (Å²) in [6.45, 7) is 4.73. The first kappa shape index (κ1) is 17.2. The number of imide groups is 1. The maximum absolute atomic E-state index is 12.8. The van der Waals surface area contributed by atoms with E-state index < -0.39 is 0 Å². The third-order valence-electron chi connectivity index (χ3n) is 4.34. The van der Waals surface area contributed by atoms with Crippen LogP contribution in [0, 0.1) is 5.92 Å². The normalized spacial score (nSPS) is 15.7. The van der Waals surface area contributed by atoms with Crippen molar-refractivity contribution >= 4 is 66.0 Å². The van der Waals surface area contributed by atoms with Crippen LogP contribution >= 0.6 is 43.2 Å². The lowest BCUT2D eigenvalue weighted by atomic mass is 9.99. The Morgan fingerprint density at radius 3 is 2.57 bits per heavy atom. The first-order chi connectivity index (χ1) is 11.0. The molecule has 124 valence electrons. The highest BCUT2D eigenvalue weighted by Gasteiger charge is 2.43. The van der Waals surface area contributed by atoms with Crippen LogP contribution < -0.4 is 0 Å². The molecule has 0 N–H and O–H groups in total. The van der Waals surface area contributed by atoms with E-state index in [1.165, 1.54) is 16.2 Å². The van der Waals surface area contributed by atoms with E-state index in [-0.39, 0.29) is 17.6 Å². The quantitative estimate of drug-likeness (QED) is 0.507. The summed E-state index contributed by atoms with van der Waals surface area (Å²) in [5.41, 5.74) is 0.982. The summed E-state index contributed by atoms with van der Waals surface area (Å²) in [4.78, 5) is 26.7. The van der Waals surface area contributed by atoms with Gasteiger partial charge in [0.1, 0.15) is 9.35 Å². The predicted molar refractivity (Wildman–Crippen MR) is 98.2 cm³/mol. The number of hydrogen-bond donors (Lipinski definition) is 0. The fourth-order valence-electron chi connectivity index (χ4n) is 2.98. The highest BCUT2D eigenvalue weighted by molar-refractivity contribution is 9.12. The van der Waals surface area contributed by atoms with Crippen LogP contribution in [-0.4, -0.2) is 23.3 Å². The predicted octanol–water partition coefficient (Wildman–Crippen LogP) is 5.83. The number of thiophene rings is 1. The summed E-state index contributed by atoms with van der Waals surface area (Å²) in [5.74, 6) is -0.0100. The van der Waals surface area contributed by atoms with Gasteiger partial charge >= 0.3 is 0 Å². The third kappa shape index (κ3) is 2.81. The molecule has 0 bridgehead atoms. The highest BCUT2D eigenvalue weighted by Crippen LogP contribution is 2.46. The summed E-state index contributed by atoms with van der Waals surface area (Å²) in [5, 5.41) is 0.708. The lowest BCUT2D eigenvalue weighted by Gasteiger charge is -2.21. The fraction of sp³-hybridized carbons (Fsp3) is 0.500. The van der Waals surface area contributed by atoms with Crippen LogP contribution in [0.15, 0.2) is 12.0 Å². The number of nitrogens with zero attached hydrogens (tertiary/aromatic N) is 1. The molecule has 0 aliphatic carbocycles. The number of hydrogen-bond acceptors (Lipinski definition) is 4. The van der Waals surface area contributed by atoms with E-state index in [1.807, 2.05) is 0 Å². The van der Waals surface area contributed by atoms with E-state index in [0.29, 0.717) is 29.0 Å². The Hall–Kier alpha value is -0.660. The SMILES string of the molecule is CCCCC(CC)CN1C(=O)c2oc3c(Br)sc(Br)c3c2C1=O. The van der Waals surface area contributed by atoms with Gasteiger partial charge in [-0.1, -0.05) is 33.1 Å². The van der Waals surface area contributed by atoms with Crippen LogP contribution in [-0.2, 0) is 0 Å². The average Bonchev–Trinajstić information content (AvgIpc) is 3.11. The van der Waals surface area contributed by atoms with E-state index in [9.17, 15) is 9.59 Å². The molecule has 3 rings (SSSR count). The molecule has 2 amide bonds. The van der Waals surface area contributed by atoms with Crippen molar-refractivity contribution in [2.75, 3.05) is 6.54 Å². The molecule has 7 heteroatoms. The number of amides is 2. The number of carbonyl (C=O) groups is 2. The Morgan fingerprint density at radius 1 is 1.17 bits per heavy atom. The number of carbonyl (C=O) groups excluding carboxylic acids is 2. The summed E-state index contributed by atoms with van der Waals surface area (Å²) >= 11 is 8.32. The van der Waals surface area contributed by atoms with Gasteiger partial charge in [-0.05, 0) is 44.2 Å². The first-order valence-corrected chi connectivity index (χ1v) is 10.2. The van der Waals surface area contributed by atoms with E-state index >= 15 is 0 Å². The van der Waals surface area contributed by atoms with Crippen LogP contribution in [0.2, 0.25) is 0 Å². The third-order valence-corrected chi connectivity index (χ3v) is 6.82. The Balaban J connectivity index is 1.92. The number of fused-ring (bicyclic) bond motifs is 3.